The van der Waals surface area contributed by atoms with Gasteiger partial charge in [0.15, 0.2) is 0 Å². The van der Waals surface area contributed by atoms with Gasteiger partial charge in [0.25, 0.3) is 0 Å². The van der Waals surface area contributed by atoms with Crippen molar-refractivity contribution in [3.05, 3.63) is 40.8 Å². The highest BCUT2D eigenvalue weighted by Gasteiger charge is 2.44. The minimum Gasteiger partial charge on any atom is -0.497 e. The van der Waals surface area contributed by atoms with Gasteiger partial charge in [0.05, 0.1) is 7.11 Å². The van der Waals surface area contributed by atoms with E-state index >= 15 is 0 Å². The SMILES string of the molecule is COc1cccc(C(C)SC=C2C3CC4CC(C3)CC2C4)c1. The fourth-order valence-corrected chi connectivity index (χ4v) is 6.12. The van der Waals surface area contributed by atoms with E-state index in [0.29, 0.717) is 5.25 Å². The fraction of sp³-hybridized carbons (Fsp3) is 0.600. The van der Waals surface area contributed by atoms with E-state index in [0.717, 1.165) is 29.4 Å². The predicted octanol–water partition coefficient (Wildman–Crippen LogP) is 5.83. The standard InChI is InChI=1S/C20H26OS/c1-13(16-4-3-5-19(11-16)21-2)22-12-20-17-7-14-6-15(9-17)10-18(20)8-14/h3-5,11-15,17-18H,6-10H2,1-2H3. The van der Waals surface area contributed by atoms with Gasteiger partial charge in [-0.15, -0.1) is 11.8 Å². The lowest BCUT2D eigenvalue weighted by Crippen LogP contribution is -2.40. The van der Waals surface area contributed by atoms with Gasteiger partial charge in [-0.3, -0.25) is 0 Å². The van der Waals surface area contributed by atoms with Gasteiger partial charge in [-0.25, -0.2) is 0 Å². The minimum atomic E-state index is 0.500. The fourth-order valence-electron chi connectivity index (χ4n) is 5.07. The summed E-state index contributed by atoms with van der Waals surface area (Å²) in [7, 11) is 1.74. The second-order valence-electron chi connectivity index (χ2n) is 7.48. The first-order chi connectivity index (χ1) is 10.7. The molecule has 0 heterocycles. The van der Waals surface area contributed by atoms with E-state index in [9.17, 15) is 0 Å². The number of ether oxygens (including phenoxy) is 1. The Kier molecular flexibility index (Phi) is 3.98. The van der Waals surface area contributed by atoms with Crippen LogP contribution in [0.15, 0.2) is 35.2 Å². The molecule has 22 heavy (non-hydrogen) atoms. The largest absolute Gasteiger partial charge is 0.497 e. The molecule has 4 saturated carbocycles. The summed E-state index contributed by atoms with van der Waals surface area (Å²) in [5.41, 5.74) is 3.16. The molecule has 1 aromatic rings. The number of methoxy groups -OCH3 is 1. The van der Waals surface area contributed by atoms with Gasteiger partial charge >= 0.3 is 0 Å². The van der Waals surface area contributed by atoms with Crippen LogP contribution in [-0.2, 0) is 0 Å². The summed E-state index contributed by atoms with van der Waals surface area (Å²) in [5.74, 6) is 4.91. The van der Waals surface area contributed by atoms with Crippen molar-refractivity contribution in [3.63, 3.8) is 0 Å². The summed E-state index contributed by atoms with van der Waals surface area (Å²) in [4.78, 5) is 0. The van der Waals surface area contributed by atoms with Crippen molar-refractivity contribution < 1.29 is 4.74 Å². The van der Waals surface area contributed by atoms with Crippen molar-refractivity contribution >= 4 is 11.8 Å². The Labute approximate surface area is 138 Å². The van der Waals surface area contributed by atoms with Gasteiger partial charge in [0.2, 0.25) is 0 Å². The van der Waals surface area contributed by atoms with Gasteiger partial charge in [0.1, 0.15) is 5.75 Å². The highest BCUT2D eigenvalue weighted by atomic mass is 32.2. The molecule has 4 bridgehead atoms. The van der Waals surface area contributed by atoms with Gasteiger partial charge in [0, 0.05) is 5.25 Å². The second-order valence-corrected chi connectivity index (χ2v) is 8.69. The zero-order valence-electron chi connectivity index (χ0n) is 13.6. The Morgan fingerprint density at radius 1 is 1.09 bits per heavy atom. The number of rotatable bonds is 4. The summed E-state index contributed by atoms with van der Waals surface area (Å²) in [6.07, 6.45) is 7.45. The molecule has 4 fully saturated rings. The lowest BCUT2D eigenvalue weighted by Gasteiger charge is -2.51. The second kappa shape index (κ2) is 5.96. The molecule has 2 heteroatoms. The van der Waals surface area contributed by atoms with Crippen LogP contribution in [0.5, 0.6) is 5.75 Å². The van der Waals surface area contributed by atoms with Crippen LogP contribution >= 0.6 is 11.8 Å². The summed E-state index contributed by atoms with van der Waals surface area (Å²) < 4.78 is 5.35. The Hall–Kier alpha value is -0.890. The maximum Gasteiger partial charge on any atom is 0.119 e. The molecule has 0 spiro atoms. The van der Waals surface area contributed by atoms with Gasteiger partial charge in [-0.2, -0.15) is 0 Å². The molecule has 1 atom stereocenters. The van der Waals surface area contributed by atoms with E-state index in [4.69, 9.17) is 4.74 Å². The van der Waals surface area contributed by atoms with Gasteiger partial charge < -0.3 is 4.74 Å². The molecular formula is C20H26OS. The molecule has 118 valence electrons. The van der Waals surface area contributed by atoms with E-state index in [1.807, 2.05) is 17.8 Å². The Morgan fingerprint density at radius 3 is 2.41 bits per heavy atom. The van der Waals surface area contributed by atoms with Crippen molar-refractivity contribution in [1.82, 2.24) is 0 Å². The molecular weight excluding hydrogens is 288 g/mol. The number of benzene rings is 1. The summed E-state index contributed by atoms with van der Waals surface area (Å²) in [5, 5.41) is 3.04. The molecule has 0 N–H and O–H groups in total. The average Bonchev–Trinajstić information content (AvgIpc) is 2.53. The third-order valence-corrected chi connectivity index (χ3v) is 7.14. The van der Waals surface area contributed by atoms with Gasteiger partial charge in [-0.1, -0.05) is 17.7 Å². The first-order valence-corrected chi connectivity index (χ1v) is 9.66. The van der Waals surface area contributed by atoms with Crippen molar-refractivity contribution in [2.75, 3.05) is 7.11 Å². The number of hydrogen-bond acceptors (Lipinski definition) is 2. The Morgan fingerprint density at radius 2 is 1.77 bits per heavy atom. The predicted molar refractivity (Wildman–Crippen MR) is 94.1 cm³/mol. The molecule has 1 aromatic carbocycles. The zero-order chi connectivity index (χ0) is 15.1. The molecule has 1 unspecified atom stereocenters. The highest BCUT2D eigenvalue weighted by molar-refractivity contribution is 8.02. The van der Waals surface area contributed by atoms with E-state index in [1.165, 1.54) is 37.7 Å². The maximum atomic E-state index is 5.35. The molecule has 0 saturated heterocycles. The smallest absolute Gasteiger partial charge is 0.119 e. The van der Waals surface area contributed by atoms with E-state index in [1.54, 1.807) is 12.7 Å². The molecule has 0 aliphatic heterocycles. The molecule has 0 aromatic heterocycles. The van der Waals surface area contributed by atoms with Crippen LogP contribution in [0.25, 0.3) is 0 Å². The van der Waals surface area contributed by atoms with Crippen LogP contribution < -0.4 is 4.74 Å². The molecule has 4 aliphatic rings. The molecule has 4 aliphatic carbocycles. The van der Waals surface area contributed by atoms with Crippen LogP contribution in [0.4, 0.5) is 0 Å². The number of allylic oxidation sites excluding steroid dienone is 1. The number of thioether (sulfide) groups is 1. The highest BCUT2D eigenvalue weighted by Crippen LogP contribution is 2.57. The lowest BCUT2D eigenvalue weighted by atomic mass is 9.54. The van der Waals surface area contributed by atoms with Crippen LogP contribution in [0.1, 0.15) is 49.8 Å². The third-order valence-electron chi connectivity index (χ3n) is 6.05. The minimum absolute atomic E-state index is 0.500. The summed E-state index contributed by atoms with van der Waals surface area (Å²) >= 11 is 2.01. The quantitative estimate of drug-likeness (QED) is 0.691. The molecule has 0 amide bonds. The average molecular weight is 314 g/mol. The van der Waals surface area contributed by atoms with E-state index in [2.05, 4.69) is 30.5 Å². The molecule has 1 nitrogen and oxygen atoms in total. The maximum absolute atomic E-state index is 5.35. The van der Waals surface area contributed by atoms with E-state index in [-0.39, 0.29) is 0 Å². The topological polar surface area (TPSA) is 9.23 Å². The Bertz CT molecular complexity index is 547. The number of hydrogen-bond donors (Lipinski definition) is 0. The van der Waals surface area contributed by atoms with E-state index < -0.39 is 0 Å². The van der Waals surface area contributed by atoms with Crippen molar-refractivity contribution in [3.8, 4) is 5.75 Å². The van der Waals surface area contributed by atoms with Crippen molar-refractivity contribution in [1.29, 1.82) is 0 Å². The summed E-state index contributed by atoms with van der Waals surface area (Å²) in [6, 6.07) is 8.51. The van der Waals surface area contributed by atoms with Crippen LogP contribution in [0, 0.1) is 23.7 Å². The van der Waals surface area contributed by atoms with Gasteiger partial charge in [-0.05, 0) is 85.8 Å². The van der Waals surface area contributed by atoms with Crippen molar-refractivity contribution in [2.24, 2.45) is 23.7 Å². The first kappa shape index (κ1) is 14.7. The van der Waals surface area contributed by atoms with Crippen LogP contribution in [0.2, 0.25) is 0 Å². The summed E-state index contributed by atoms with van der Waals surface area (Å²) in [6.45, 7) is 2.31. The van der Waals surface area contributed by atoms with Crippen molar-refractivity contribution in [2.45, 2.75) is 44.3 Å². The normalized spacial score (nSPS) is 33.8. The van der Waals surface area contributed by atoms with Crippen LogP contribution in [-0.4, -0.2) is 7.11 Å². The molecule has 5 rings (SSSR count). The zero-order valence-corrected chi connectivity index (χ0v) is 14.4. The monoisotopic (exact) mass is 314 g/mol. The van der Waals surface area contributed by atoms with Crippen LogP contribution in [0.3, 0.4) is 0 Å². The third kappa shape index (κ3) is 2.71. The molecule has 0 radical (unpaired) electrons. The lowest BCUT2D eigenvalue weighted by molar-refractivity contribution is 0.0700. The Balaban J connectivity index is 1.47. The first-order valence-electron chi connectivity index (χ1n) is 8.72.